The van der Waals surface area contributed by atoms with Gasteiger partial charge in [0.05, 0.1) is 7.11 Å². The van der Waals surface area contributed by atoms with Crippen molar-refractivity contribution >= 4 is 19.0 Å². The molecule has 1 amide bonds. The molecule has 112 valence electrons. The zero-order valence-electron chi connectivity index (χ0n) is 12.6. The molecule has 0 radical (unpaired) electrons. The van der Waals surface area contributed by atoms with E-state index in [1.54, 1.807) is 0 Å². The van der Waals surface area contributed by atoms with Gasteiger partial charge in [0, 0.05) is 0 Å². The van der Waals surface area contributed by atoms with Crippen LogP contribution in [0.3, 0.4) is 0 Å². The standard InChI is InChI=1S/C10H18BF3NO4.K/c1-7(8(16)18-5)15(6-11(12,13)14)9(17)19-10(2,3)4;/h7H,6H2,1-5H3;/q-1;+1/t7-;/m1./s1. The number of hydrogen-bond donors (Lipinski definition) is 0. The van der Waals surface area contributed by atoms with Crippen LogP contribution >= 0.6 is 0 Å². The third-order valence-corrected chi connectivity index (χ3v) is 2.04. The number of esters is 1. The molecule has 20 heavy (non-hydrogen) atoms. The Morgan fingerprint density at radius 2 is 1.70 bits per heavy atom. The predicted octanol–water partition coefficient (Wildman–Crippen LogP) is -0.824. The summed E-state index contributed by atoms with van der Waals surface area (Å²) in [7, 11) is 1.03. The number of methoxy groups -OCH3 is 1. The molecule has 0 rings (SSSR count). The third-order valence-electron chi connectivity index (χ3n) is 2.04. The summed E-state index contributed by atoms with van der Waals surface area (Å²) in [5.41, 5.74) is -0.955. The summed E-state index contributed by atoms with van der Waals surface area (Å²) in [6.07, 6.45) is -2.73. The van der Waals surface area contributed by atoms with Gasteiger partial charge in [-0.05, 0) is 34.1 Å². The Kier molecular flexibility index (Phi) is 9.70. The molecule has 0 bridgehead atoms. The van der Waals surface area contributed by atoms with Crippen molar-refractivity contribution in [3.05, 3.63) is 0 Å². The average Bonchev–Trinajstić information content (AvgIpc) is 2.20. The van der Waals surface area contributed by atoms with Crippen molar-refractivity contribution in [2.24, 2.45) is 0 Å². The Balaban J connectivity index is 0. The summed E-state index contributed by atoms with van der Waals surface area (Å²) in [5.74, 6) is -0.939. The first kappa shape index (κ1) is 22.5. The molecule has 0 aromatic carbocycles. The van der Waals surface area contributed by atoms with Crippen LogP contribution < -0.4 is 51.4 Å². The van der Waals surface area contributed by atoms with Crippen molar-refractivity contribution in [2.45, 2.75) is 39.3 Å². The molecule has 0 spiro atoms. The quantitative estimate of drug-likeness (QED) is 0.501. The largest absolute Gasteiger partial charge is 1.00 e. The molecule has 5 nitrogen and oxygen atoms in total. The van der Waals surface area contributed by atoms with Gasteiger partial charge in [0.2, 0.25) is 0 Å². The van der Waals surface area contributed by atoms with E-state index in [0.717, 1.165) is 14.0 Å². The summed E-state index contributed by atoms with van der Waals surface area (Å²) in [4.78, 5) is 23.3. The first-order chi connectivity index (χ1) is 8.37. The zero-order valence-corrected chi connectivity index (χ0v) is 15.7. The summed E-state index contributed by atoms with van der Waals surface area (Å²) in [6, 6.07) is -1.37. The minimum Gasteiger partial charge on any atom is -0.467 e. The Morgan fingerprint density at radius 3 is 2.00 bits per heavy atom. The fraction of sp³-hybridized carbons (Fsp3) is 0.800. The maximum Gasteiger partial charge on any atom is 1.00 e. The van der Waals surface area contributed by atoms with Gasteiger partial charge in [0.15, 0.2) is 0 Å². The van der Waals surface area contributed by atoms with Crippen LogP contribution in [0.5, 0.6) is 0 Å². The monoisotopic (exact) mass is 323 g/mol. The Bertz CT molecular complexity index is 346. The molecule has 0 aliphatic carbocycles. The first-order valence-corrected chi connectivity index (χ1v) is 5.66. The molecule has 10 heteroatoms. The van der Waals surface area contributed by atoms with Gasteiger partial charge in [-0.1, -0.05) is 0 Å². The molecule has 0 aromatic heterocycles. The van der Waals surface area contributed by atoms with E-state index in [1.165, 1.54) is 20.8 Å². The fourth-order valence-corrected chi connectivity index (χ4v) is 1.23. The molecule has 0 N–H and O–H groups in total. The van der Waals surface area contributed by atoms with Gasteiger partial charge in [-0.3, -0.25) is 0 Å². The van der Waals surface area contributed by atoms with Crippen molar-refractivity contribution in [3.8, 4) is 0 Å². The predicted molar refractivity (Wildman–Crippen MR) is 63.5 cm³/mol. The van der Waals surface area contributed by atoms with Gasteiger partial charge in [-0.25, -0.2) is 9.59 Å². The molecule has 0 saturated heterocycles. The summed E-state index contributed by atoms with van der Waals surface area (Å²) < 4.78 is 46.7. The van der Waals surface area contributed by atoms with E-state index < -0.39 is 37.1 Å². The number of ether oxygens (including phenoxy) is 2. The topological polar surface area (TPSA) is 55.8 Å². The van der Waals surface area contributed by atoms with Gasteiger partial charge in [0.25, 0.3) is 0 Å². The molecular weight excluding hydrogens is 305 g/mol. The molecule has 0 fully saturated rings. The number of hydrogen-bond acceptors (Lipinski definition) is 4. The van der Waals surface area contributed by atoms with Crippen LogP contribution in [0, 0.1) is 0 Å². The van der Waals surface area contributed by atoms with E-state index in [-0.39, 0.29) is 51.4 Å². The normalized spacial score (nSPS) is 13.0. The molecule has 0 unspecified atom stereocenters. The van der Waals surface area contributed by atoms with Gasteiger partial charge >= 0.3 is 70.4 Å². The van der Waals surface area contributed by atoms with Crippen LogP contribution in [-0.2, 0) is 14.3 Å². The van der Waals surface area contributed by atoms with Crippen molar-refractivity contribution in [1.29, 1.82) is 0 Å². The van der Waals surface area contributed by atoms with Crippen molar-refractivity contribution < 1.29 is 83.4 Å². The van der Waals surface area contributed by atoms with Crippen LogP contribution in [0.2, 0.25) is 0 Å². The molecule has 0 saturated carbocycles. The van der Waals surface area contributed by atoms with Gasteiger partial charge in [-0.15, -0.1) is 0 Å². The SMILES string of the molecule is COC(=O)[C@@H](C)N(C[B-](F)(F)F)C(=O)OC(C)(C)C.[K+]. The van der Waals surface area contributed by atoms with Crippen LogP contribution in [0.25, 0.3) is 0 Å². The number of carbonyl (C=O) groups excluding carboxylic acids is 2. The molecule has 0 heterocycles. The summed E-state index contributed by atoms with van der Waals surface area (Å²) in [5, 5.41) is 0. The van der Waals surface area contributed by atoms with E-state index in [4.69, 9.17) is 4.74 Å². The maximum absolute atomic E-state index is 12.5. The summed E-state index contributed by atoms with van der Waals surface area (Å²) >= 11 is 0. The summed E-state index contributed by atoms with van der Waals surface area (Å²) in [6.45, 7) is 0.426. The molecule has 0 aliphatic rings. The van der Waals surface area contributed by atoms with Gasteiger partial charge in [-0.2, -0.15) is 0 Å². The van der Waals surface area contributed by atoms with Crippen LogP contribution in [0.4, 0.5) is 17.7 Å². The van der Waals surface area contributed by atoms with E-state index >= 15 is 0 Å². The van der Waals surface area contributed by atoms with E-state index in [1.807, 2.05) is 0 Å². The maximum atomic E-state index is 12.5. The Morgan fingerprint density at radius 1 is 1.25 bits per heavy atom. The van der Waals surface area contributed by atoms with Crippen LogP contribution in [-0.4, -0.2) is 49.1 Å². The zero-order chi connectivity index (χ0) is 15.4. The smallest absolute Gasteiger partial charge is 0.467 e. The third kappa shape index (κ3) is 9.22. The van der Waals surface area contributed by atoms with Crippen molar-refractivity contribution in [1.82, 2.24) is 4.90 Å². The Labute approximate surface area is 159 Å². The number of nitrogens with zero attached hydrogens (tertiary/aromatic N) is 1. The van der Waals surface area contributed by atoms with E-state index in [2.05, 4.69) is 4.74 Å². The molecular formula is C10H18BF3KNO4. The number of rotatable bonds is 4. The molecule has 0 aliphatic heterocycles. The second-order valence-electron chi connectivity index (χ2n) is 5.04. The number of carbonyl (C=O) groups is 2. The Hall–Kier alpha value is 0.231. The second-order valence-corrected chi connectivity index (χ2v) is 5.04. The van der Waals surface area contributed by atoms with Gasteiger partial charge < -0.3 is 27.3 Å². The minimum absolute atomic E-state index is 0. The molecule has 1 atom stereocenters. The van der Waals surface area contributed by atoms with E-state index in [9.17, 15) is 22.5 Å². The van der Waals surface area contributed by atoms with Gasteiger partial charge in [0.1, 0.15) is 11.6 Å². The first-order valence-electron chi connectivity index (χ1n) is 5.66. The molecule has 0 aromatic rings. The number of amides is 1. The number of halogens is 3. The van der Waals surface area contributed by atoms with E-state index in [0.29, 0.717) is 4.90 Å². The minimum atomic E-state index is -5.28. The van der Waals surface area contributed by atoms with Crippen molar-refractivity contribution in [2.75, 3.05) is 13.6 Å². The van der Waals surface area contributed by atoms with Crippen molar-refractivity contribution in [3.63, 3.8) is 0 Å². The second kappa shape index (κ2) is 8.62. The fourth-order valence-electron chi connectivity index (χ4n) is 1.23. The van der Waals surface area contributed by atoms with Crippen LogP contribution in [0.15, 0.2) is 0 Å². The van der Waals surface area contributed by atoms with Crippen LogP contribution in [0.1, 0.15) is 27.7 Å². The average molecular weight is 323 g/mol.